The first-order valence-corrected chi connectivity index (χ1v) is 8.67. The normalized spacial score (nSPS) is 14.2. The highest BCUT2D eigenvalue weighted by Gasteiger charge is 2.20. The Labute approximate surface area is 144 Å². The van der Waals surface area contributed by atoms with Crippen LogP contribution in [-0.4, -0.2) is 24.7 Å². The van der Waals surface area contributed by atoms with Gasteiger partial charge in [-0.2, -0.15) is 0 Å². The lowest BCUT2D eigenvalue weighted by Crippen LogP contribution is -2.30. The second kappa shape index (κ2) is 7.58. The van der Waals surface area contributed by atoms with Crippen molar-refractivity contribution in [3.63, 3.8) is 0 Å². The summed E-state index contributed by atoms with van der Waals surface area (Å²) in [6, 6.07) is 12.4. The van der Waals surface area contributed by atoms with Crippen LogP contribution in [0, 0.1) is 0 Å². The van der Waals surface area contributed by atoms with Gasteiger partial charge >= 0.3 is 0 Å². The average Bonchev–Trinajstić information content (AvgIpc) is 2.56. The van der Waals surface area contributed by atoms with E-state index in [1.165, 1.54) is 16.7 Å². The molecule has 2 N–H and O–H groups in total. The zero-order valence-electron chi connectivity index (χ0n) is 14.5. The molecule has 0 saturated heterocycles. The van der Waals surface area contributed by atoms with Crippen molar-refractivity contribution in [2.75, 3.05) is 25.5 Å². The quantitative estimate of drug-likeness (QED) is 0.824. The Hall–Kier alpha value is -2.20. The summed E-state index contributed by atoms with van der Waals surface area (Å²) in [5.41, 5.74) is 10.7. The molecular formula is C20H26N2O2. The van der Waals surface area contributed by atoms with E-state index in [1.807, 2.05) is 26.0 Å². The van der Waals surface area contributed by atoms with Crippen molar-refractivity contribution < 1.29 is 9.47 Å². The number of hydrogen-bond donors (Lipinski definition) is 1. The van der Waals surface area contributed by atoms with Gasteiger partial charge in [0.2, 0.25) is 0 Å². The van der Waals surface area contributed by atoms with Crippen molar-refractivity contribution in [1.29, 1.82) is 0 Å². The van der Waals surface area contributed by atoms with Crippen molar-refractivity contribution in [1.82, 2.24) is 4.90 Å². The molecule has 0 spiro atoms. The van der Waals surface area contributed by atoms with Crippen molar-refractivity contribution >= 4 is 5.69 Å². The zero-order chi connectivity index (χ0) is 16.9. The maximum absolute atomic E-state index is 5.89. The van der Waals surface area contributed by atoms with Gasteiger partial charge in [-0.25, -0.2) is 0 Å². The minimum Gasteiger partial charge on any atom is -0.490 e. The third kappa shape index (κ3) is 3.82. The van der Waals surface area contributed by atoms with E-state index in [0.29, 0.717) is 13.2 Å². The minimum atomic E-state index is 0.645. The molecule has 0 unspecified atom stereocenters. The van der Waals surface area contributed by atoms with Crippen molar-refractivity contribution in [3.05, 3.63) is 53.1 Å². The van der Waals surface area contributed by atoms with Gasteiger partial charge in [0.25, 0.3) is 0 Å². The summed E-state index contributed by atoms with van der Waals surface area (Å²) < 4.78 is 11.5. The third-order valence-electron chi connectivity index (χ3n) is 4.31. The molecule has 0 radical (unpaired) electrons. The first-order valence-electron chi connectivity index (χ1n) is 8.67. The molecular weight excluding hydrogens is 300 g/mol. The highest BCUT2D eigenvalue weighted by atomic mass is 16.5. The molecule has 4 nitrogen and oxygen atoms in total. The van der Waals surface area contributed by atoms with E-state index in [1.54, 1.807) is 0 Å². The van der Waals surface area contributed by atoms with E-state index < -0.39 is 0 Å². The predicted octanol–water partition coefficient (Wildman–Crippen LogP) is 3.62. The Morgan fingerprint density at radius 2 is 1.71 bits per heavy atom. The van der Waals surface area contributed by atoms with Gasteiger partial charge in [-0.3, -0.25) is 4.90 Å². The standard InChI is InChI=1S/C20H26N2O2/c1-3-23-19-11-16-8-9-22(13-15-6-5-7-18(21)10-15)14-17(16)12-20(19)24-4-2/h5-7,10-12H,3-4,8-9,13-14,21H2,1-2H3. The third-order valence-corrected chi connectivity index (χ3v) is 4.31. The molecule has 2 aromatic rings. The van der Waals surface area contributed by atoms with Crippen LogP contribution in [-0.2, 0) is 19.5 Å². The summed E-state index contributed by atoms with van der Waals surface area (Å²) in [6.45, 7) is 8.19. The van der Waals surface area contributed by atoms with Crippen LogP contribution in [0.25, 0.3) is 0 Å². The van der Waals surface area contributed by atoms with Crippen LogP contribution < -0.4 is 15.2 Å². The summed E-state index contributed by atoms with van der Waals surface area (Å²) in [5, 5.41) is 0. The summed E-state index contributed by atoms with van der Waals surface area (Å²) in [4.78, 5) is 2.45. The van der Waals surface area contributed by atoms with Gasteiger partial charge in [0.1, 0.15) is 0 Å². The van der Waals surface area contributed by atoms with Crippen molar-refractivity contribution in [2.45, 2.75) is 33.4 Å². The smallest absolute Gasteiger partial charge is 0.161 e. The number of nitrogen functional groups attached to an aromatic ring is 1. The van der Waals surface area contributed by atoms with Gasteiger partial charge in [-0.1, -0.05) is 12.1 Å². The molecule has 0 aliphatic carbocycles. The molecule has 1 aliphatic heterocycles. The molecule has 2 aromatic carbocycles. The van der Waals surface area contributed by atoms with Crippen LogP contribution in [0.3, 0.4) is 0 Å². The molecule has 1 heterocycles. The van der Waals surface area contributed by atoms with E-state index in [-0.39, 0.29) is 0 Å². The van der Waals surface area contributed by atoms with Gasteiger partial charge < -0.3 is 15.2 Å². The van der Waals surface area contributed by atoms with Gasteiger partial charge in [0.15, 0.2) is 11.5 Å². The molecule has 0 aromatic heterocycles. The van der Waals surface area contributed by atoms with Gasteiger partial charge in [-0.15, -0.1) is 0 Å². The molecule has 0 fully saturated rings. The number of benzene rings is 2. The molecule has 1 aliphatic rings. The van der Waals surface area contributed by atoms with Crippen LogP contribution in [0.4, 0.5) is 5.69 Å². The van der Waals surface area contributed by atoms with E-state index in [4.69, 9.17) is 15.2 Å². The van der Waals surface area contributed by atoms with Crippen LogP contribution in [0.5, 0.6) is 11.5 Å². The van der Waals surface area contributed by atoms with Gasteiger partial charge in [0.05, 0.1) is 13.2 Å². The molecule has 0 bridgehead atoms. The van der Waals surface area contributed by atoms with E-state index in [9.17, 15) is 0 Å². The predicted molar refractivity (Wildman–Crippen MR) is 97.5 cm³/mol. The van der Waals surface area contributed by atoms with Crippen LogP contribution in [0.1, 0.15) is 30.5 Å². The largest absolute Gasteiger partial charge is 0.490 e. The van der Waals surface area contributed by atoms with Crippen molar-refractivity contribution in [3.8, 4) is 11.5 Å². The summed E-state index contributed by atoms with van der Waals surface area (Å²) in [6.07, 6.45) is 1.03. The number of rotatable bonds is 6. The average molecular weight is 326 g/mol. The fourth-order valence-electron chi connectivity index (χ4n) is 3.24. The SMILES string of the molecule is CCOc1cc2c(cc1OCC)CN(Cc1cccc(N)c1)CC2. The van der Waals surface area contributed by atoms with Crippen LogP contribution >= 0.6 is 0 Å². The lowest BCUT2D eigenvalue weighted by molar-refractivity contribution is 0.242. The lowest BCUT2D eigenvalue weighted by Gasteiger charge is -2.29. The molecule has 128 valence electrons. The van der Waals surface area contributed by atoms with Crippen LogP contribution in [0.15, 0.2) is 36.4 Å². The Balaban J connectivity index is 1.78. The van der Waals surface area contributed by atoms with Crippen molar-refractivity contribution in [2.24, 2.45) is 0 Å². The first-order chi connectivity index (χ1) is 11.7. The fraction of sp³-hybridized carbons (Fsp3) is 0.400. The molecule has 0 saturated carbocycles. The number of ether oxygens (including phenoxy) is 2. The van der Waals surface area contributed by atoms with Gasteiger partial charge in [-0.05, 0) is 61.2 Å². The maximum atomic E-state index is 5.89. The maximum Gasteiger partial charge on any atom is 0.161 e. The fourth-order valence-corrected chi connectivity index (χ4v) is 3.24. The minimum absolute atomic E-state index is 0.645. The number of fused-ring (bicyclic) bond motifs is 1. The van der Waals surface area contributed by atoms with Crippen LogP contribution in [0.2, 0.25) is 0 Å². The Kier molecular flexibility index (Phi) is 5.26. The molecule has 3 rings (SSSR count). The summed E-state index contributed by atoms with van der Waals surface area (Å²) in [5.74, 6) is 1.71. The highest BCUT2D eigenvalue weighted by Crippen LogP contribution is 2.34. The Morgan fingerprint density at radius 3 is 2.38 bits per heavy atom. The molecule has 0 amide bonds. The zero-order valence-corrected chi connectivity index (χ0v) is 14.5. The molecule has 0 atom stereocenters. The monoisotopic (exact) mass is 326 g/mol. The topological polar surface area (TPSA) is 47.7 Å². The molecule has 24 heavy (non-hydrogen) atoms. The number of anilines is 1. The lowest BCUT2D eigenvalue weighted by atomic mass is 9.98. The second-order valence-corrected chi connectivity index (χ2v) is 6.14. The number of nitrogens with zero attached hydrogens (tertiary/aromatic N) is 1. The second-order valence-electron chi connectivity index (χ2n) is 6.14. The van der Waals surface area contributed by atoms with Gasteiger partial charge in [0, 0.05) is 25.3 Å². The molecule has 4 heteroatoms. The summed E-state index contributed by atoms with van der Waals surface area (Å²) >= 11 is 0. The first kappa shape index (κ1) is 16.7. The van der Waals surface area contributed by atoms with E-state index in [2.05, 4.69) is 29.2 Å². The van der Waals surface area contributed by atoms with E-state index in [0.717, 1.165) is 43.2 Å². The number of nitrogens with two attached hydrogens (primary N) is 1. The number of hydrogen-bond acceptors (Lipinski definition) is 4. The Bertz CT molecular complexity index is 700. The van der Waals surface area contributed by atoms with E-state index >= 15 is 0 Å². The highest BCUT2D eigenvalue weighted by molar-refractivity contribution is 5.48. The Morgan fingerprint density at radius 1 is 1.00 bits per heavy atom. The summed E-state index contributed by atoms with van der Waals surface area (Å²) in [7, 11) is 0.